The minimum atomic E-state index is -0.792. The molecule has 1 saturated heterocycles. The molecule has 1 amide bonds. The number of likely N-dealkylation sites (tertiary alicyclic amines) is 1. The first kappa shape index (κ1) is 20.0. The first-order valence-corrected chi connectivity index (χ1v) is 9.52. The Labute approximate surface area is 170 Å². The van der Waals surface area contributed by atoms with Crippen LogP contribution in [0.1, 0.15) is 12.8 Å². The summed E-state index contributed by atoms with van der Waals surface area (Å²) < 4.78 is 37.8. The third kappa shape index (κ3) is 4.04. The van der Waals surface area contributed by atoms with Gasteiger partial charge in [0.2, 0.25) is 0 Å². The number of rotatable bonds is 5. The molecule has 0 bridgehead atoms. The topological polar surface area (TPSA) is 80.0 Å². The van der Waals surface area contributed by atoms with Crippen LogP contribution in [-0.2, 0) is 4.79 Å². The third-order valence-electron chi connectivity index (χ3n) is 5.15. The lowest BCUT2D eigenvalue weighted by Gasteiger charge is -2.22. The molecular weight excluding hydrogens is 396 g/mol. The van der Waals surface area contributed by atoms with Gasteiger partial charge in [0.05, 0.1) is 18.2 Å². The Balaban J connectivity index is 1.55. The number of halogens is 2. The predicted octanol–water partition coefficient (Wildman–Crippen LogP) is 3.10. The van der Waals surface area contributed by atoms with E-state index in [0.29, 0.717) is 17.7 Å². The number of nitrogens with zero attached hydrogens (tertiary/aromatic N) is 1. The Bertz CT molecular complexity index is 1140. The van der Waals surface area contributed by atoms with E-state index >= 15 is 0 Å². The monoisotopic (exact) mass is 415 g/mol. The number of carbonyl (C=O) groups excluding carboxylic acids is 1. The largest absolute Gasteiger partial charge is 0.484 e. The Morgan fingerprint density at radius 1 is 1.17 bits per heavy atom. The van der Waals surface area contributed by atoms with E-state index in [1.165, 1.54) is 12.1 Å². The van der Waals surface area contributed by atoms with Crippen molar-refractivity contribution in [3.05, 3.63) is 64.5 Å². The summed E-state index contributed by atoms with van der Waals surface area (Å²) in [6.45, 7) is 0.306. The predicted molar refractivity (Wildman–Crippen MR) is 105 cm³/mol. The van der Waals surface area contributed by atoms with Crippen LogP contribution in [0.15, 0.2) is 51.7 Å². The smallest absolute Gasteiger partial charge is 0.344 e. The second-order valence-electron chi connectivity index (χ2n) is 7.16. The molecule has 8 heteroatoms. The highest BCUT2D eigenvalue weighted by atomic mass is 19.1. The van der Waals surface area contributed by atoms with Crippen LogP contribution in [0.5, 0.6) is 5.75 Å². The van der Waals surface area contributed by atoms with Gasteiger partial charge in [-0.05, 0) is 48.7 Å². The number of hydrogen-bond donors (Lipinski definition) is 1. The summed E-state index contributed by atoms with van der Waals surface area (Å²) in [6, 6.07) is 8.87. The summed E-state index contributed by atoms with van der Waals surface area (Å²) >= 11 is 0. The van der Waals surface area contributed by atoms with Gasteiger partial charge in [0, 0.05) is 24.1 Å². The average Bonchev–Trinajstić information content (AvgIpc) is 3.19. The molecule has 1 aromatic heterocycles. The Kier molecular flexibility index (Phi) is 5.50. The quantitative estimate of drug-likeness (QED) is 0.648. The summed E-state index contributed by atoms with van der Waals surface area (Å²) in [7, 11) is 0. The highest BCUT2D eigenvalue weighted by Gasteiger charge is 2.28. The first-order chi connectivity index (χ1) is 14.4. The molecule has 0 spiro atoms. The molecule has 0 radical (unpaired) electrons. The molecule has 1 fully saturated rings. The molecule has 3 aromatic rings. The molecule has 1 aliphatic heterocycles. The van der Waals surface area contributed by atoms with Crippen molar-refractivity contribution in [2.75, 3.05) is 19.8 Å². The van der Waals surface area contributed by atoms with E-state index in [0.717, 1.165) is 31.0 Å². The minimum absolute atomic E-state index is 0.0359. The van der Waals surface area contributed by atoms with Crippen LogP contribution in [-0.4, -0.2) is 41.7 Å². The summed E-state index contributed by atoms with van der Waals surface area (Å²) in [6.07, 6.45) is 1.61. The van der Waals surface area contributed by atoms with Crippen LogP contribution >= 0.6 is 0 Å². The minimum Gasteiger partial charge on any atom is -0.484 e. The van der Waals surface area contributed by atoms with Gasteiger partial charge in [-0.15, -0.1) is 0 Å². The van der Waals surface area contributed by atoms with E-state index in [9.17, 15) is 23.5 Å². The molecule has 1 aliphatic rings. The molecule has 2 heterocycles. The van der Waals surface area contributed by atoms with Gasteiger partial charge < -0.3 is 19.2 Å². The van der Waals surface area contributed by atoms with Gasteiger partial charge in [0.25, 0.3) is 5.91 Å². The van der Waals surface area contributed by atoms with Crippen molar-refractivity contribution < 1.29 is 27.8 Å². The number of carbonyl (C=O) groups is 1. The van der Waals surface area contributed by atoms with Crippen molar-refractivity contribution >= 4 is 16.9 Å². The molecule has 1 N–H and O–H groups in total. The lowest BCUT2D eigenvalue weighted by molar-refractivity contribution is -0.134. The molecule has 0 aliphatic carbocycles. The van der Waals surface area contributed by atoms with Crippen molar-refractivity contribution in [2.24, 2.45) is 0 Å². The number of amides is 1. The maximum atomic E-state index is 13.5. The fourth-order valence-electron chi connectivity index (χ4n) is 3.67. The SMILES string of the molecule is O=C(COc1ccc2cc(-c3cc(F)cc(F)c3)c(=O)oc2c1)N1CCC[C@H]1CO. The number of benzene rings is 2. The Morgan fingerprint density at radius 2 is 1.93 bits per heavy atom. The van der Waals surface area contributed by atoms with Crippen LogP contribution in [0.4, 0.5) is 8.78 Å². The summed E-state index contributed by atoms with van der Waals surface area (Å²) in [5.41, 5.74) is -0.407. The molecule has 0 saturated carbocycles. The van der Waals surface area contributed by atoms with Gasteiger partial charge in [-0.3, -0.25) is 4.79 Å². The molecule has 0 unspecified atom stereocenters. The van der Waals surface area contributed by atoms with E-state index < -0.39 is 17.3 Å². The maximum Gasteiger partial charge on any atom is 0.344 e. The van der Waals surface area contributed by atoms with Gasteiger partial charge in [-0.25, -0.2) is 13.6 Å². The fraction of sp³-hybridized carbons (Fsp3) is 0.273. The average molecular weight is 415 g/mol. The van der Waals surface area contributed by atoms with E-state index in [1.807, 2.05) is 0 Å². The second kappa shape index (κ2) is 8.23. The first-order valence-electron chi connectivity index (χ1n) is 9.52. The number of ether oxygens (including phenoxy) is 1. The van der Waals surface area contributed by atoms with Crippen molar-refractivity contribution in [3.63, 3.8) is 0 Å². The summed E-state index contributed by atoms with van der Waals surface area (Å²) in [5, 5.41) is 9.87. The lowest BCUT2D eigenvalue weighted by atomic mass is 10.1. The number of fused-ring (bicyclic) bond motifs is 1. The van der Waals surface area contributed by atoms with Gasteiger partial charge in [0.1, 0.15) is 23.0 Å². The van der Waals surface area contributed by atoms with Crippen molar-refractivity contribution in [3.8, 4) is 16.9 Å². The van der Waals surface area contributed by atoms with Crippen LogP contribution in [0, 0.1) is 11.6 Å². The Hall–Kier alpha value is -3.26. The third-order valence-corrected chi connectivity index (χ3v) is 5.15. The summed E-state index contributed by atoms with van der Waals surface area (Å²) in [4.78, 5) is 26.3. The van der Waals surface area contributed by atoms with Gasteiger partial charge >= 0.3 is 5.63 Å². The van der Waals surface area contributed by atoms with Crippen molar-refractivity contribution in [2.45, 2.75) is 18.9 Å². The normalized spacial score (nSPS) is 16.2. The van der Waals surface area contributed by atoms with Crippen LogP contribution < -0.4 is 10.4 Å². The molecule has 6 nitrogen and oxygen atoms in total. The highest BCUT2D eigenvalue weighted by molar-refractivity contribution is 5.83. The number of aliphatic hydroxyl groups excluding tert-OH is 1. The van der Waals surface area contributed by atoms with Crippen LogP contribution in [0.25, 0.3) is 22.1 Å². The zero-order valence-corrected chi connectivity index (χ0v) is 15.9. The number of aliphatic hydroxyl groups is 1. The summed E-state index contributed by atoms with van der Waals surface area (Å²) in [5.74, 6) is -1.47. The standard InChI is InChI=1S/C22H19F2NO5/c23-15-6-14(7-16(24)9-15)19-8-13-3-4-18(10-20(13)30-22(19)28)29-12-21(27)25-5-1-2-17(25)11-26/h3-4,6-10,17,26H,1-2,5,11-12H2/t17-/m0/s1. The molecule has 1 atom stereocenters. The van der Waals surface area contributed by atoms with Crippen molar-refractivity contribution in [1.82, 2.24) is 4.90 Å². The molecular formula is C22H19F2NO5. The maximum absolute atomic E-state index is 13.5. The van der Waals surface area contributed by atoms with E-state index in [1.54, 1.807) is 17.0 Å². The molecule has 156 valence electrons. The number of hydrogen-bond acceptors (Lipinski definition) is 5. The van der Waals surface area contributed by atoms with Gasteiger partial charge in [-0.2, -0.15) is 0 Å². The van der Waals surface area contributed by atoms with Crippen LogP contribution in [0.3, 0.4) is 0 Å². The highest BCUT2D eigenvalue weighted by Crippen LogP contribution is 2.26. The van der Waals surface area contributed by atoms with E-state index in [2.05, 4.69) is 0 Å². The zero-order valence-electron chi connectivity index (χ0n) is 15.9. The second-order valence-corrected chi connectivity index (χ2v) is 7.16. The van der Waals surface area contributed by atoms with Crippen molar-refractivity contribution in [1.29, 1.82) is 0 Å². The Morgan fingerprint density at radius 3 is 2.67 bits per heavy atom. The lowest BCUT2D eigenvalue weighted by Crippen LogP contribution is -2.40. The van der Waals surface area contributed by atoms with Gasteiger partial charge in [0.15, 0.2) is 6.61 Å². The molecule has 30 heavy (non-hydrogen) atoms. The van der Waals surface area contributed by atoms with Crippen LogP contribution in [0.2, 0.25) is 0 Å². The van der Waals surface area contributed by atoms with Gasteiger partial charge in [-0.1, -0.05) is 0 Å². The molecule has 2 aromatic carbocycles. The van der Waals surface area contributed by atoms with E-state index in [-0.39, 0.29) is 41.9 Å². The fourth-order valence-corrected chi connectivity index (χ4v) is 3.67. The van der Waals surface area contributed by atoms with E-state index in [4.69, 9.17) is 9.15 Å². The molecule has 4 rings (SSSR count). The zero-order chi connectivity index (χ0) is 21.3.